The summed E-state index contributed by atoms with van der Waals surface area (Å²) in [6, 6.07) is 10.5. The summed E-state index contributed by atoms with van der Waals surface area (Å²) < 4.78 is 0. The number of rotatable bonds is 7. The van der Waals surface area contributed by atoms with E-state index in [1.807, 2.05) is 4.90 Å². The van der Waals surface area contributed by atoms with Crippen LogP contribution in [0.15, 0.2) is 30.3 Å². The van der Waals surface area contributed by atoms with Crippen molar-refractivity contribution in [3.8, 4) is 0 Å². The Morgan fingerprint density at radius 1 is 1.17 bits per heavy atom. The van der Waals surface area contributed by atoms with Gasteiger partial charge in [0.25, 0.3) is 0 Å². The number of nitrogens with zero attached hydrogens (tertiary/aromatic N) is 3. The fourth-order valence-corrected chi connectivity index (χ4v) is 2.79. The van der Waals surface area contributed by atoms with Crippen LogP contribution in [-0.4, -0.2) is 73.5 Å². The van der Waals surface area contributed by atoms with E-state index in [1.165, 1.54) is 5.56 Å². The molecule has 0 aliphatic carbocycles. The average molecular weight is 341 g/mol. The van der Waals surface area contributed by atoms with E-state index in [1.54, 1.807) is 0 Å². The molecule has 0 saturated carbocycles. The molecule has 1 aromatic rings. The first-order valence-corrected chi connectivity index (χ1v) is 8.11. The molecule has 1 heterocycles. The summed E-state index contributed by atoms with van der Waals surface area (Å²) >= 11 is 0. The van der Waals surface area contributed by atoms with Gasteiger partial charge in [-0.15, -0.1) is 12.4 Å². The molecular formula is C17H29ClN4O. The highest BCUT2D eigenvalue weighted by Crippen LogP contribution is 2.05. The van der Waals surface area contributed by atoms with Gasteiger partial charge in [-0.25, -0.2) is 0 Å². The fraction of sp³-hybridized carbons (Fsp3) is 0.588. The molecule has 0 bridgehead atoms. The van der Waals surface area contributed by atoms with E-state index < -0.39 is 0 Å². The first-order valence-electron chi connectivity index (χ1n) is 8.11. The zero-order valence-electron chi connectivity index (χ0n) is 14.0. The molecule has 5 nitrogen and oxygen atoms in total. The smallest absolute Gasteiger partial charge is 0.223 e. The minimum absolute atomic E-state index is 0. The Bertz CT molecular complexity index is 449. The topological polar surface area (TPSA) is 52.8 Å². The van der Waals surface area contributed by atoms with E-state index in [4.69, 9.17) is 5.73 Å². The van der Waals surface area contributed by atoms with Crippen LogP contribution in [0.5, 0.6) is 0 Å². The van der Waals surface area contributed by atoms with Gasteiger partial charge in [0.2, 0.25) is 5.91 Å². The fourth-order valence-electron chi connectivity index (χ4n) is 2.79. The monoisotopic (exact) mass is 340 g/mol. The van der Waals surface area contributed by atoms with E-state index in [9.17, 15) is 4.79 Å². The van der Waals surface area contributed by atoms with Crippen LogP contribution in [-0.2, 0) is 11.3 Å². The van der Waals surface area contributed by atoms with Crippen LogP contribution in [0.4, 0.5) is 0 Å². The Morgan fingerprint density at radius 2 is 1.83 bits per heavy atom. The SMILES string of the molecule is CN(CCN1CCN(C(=O)CCN)CC1)Cc1ccccc1.Cl. The lowest BCUT2D eigenvalue weighted by molar-refractivity contribution is -0.132. The average Bonchev–Trinajstić information content (AvgIpc) is 2.54. The second-order valence-corrected chi connectivity index (χ2v) is 5.98. The zero-order valence-corrected chi connectivity index (χ0v) is 14.8. The van der Waals surface area contributed by atoms with Gasteiger partial charge in [0.1, 0.15) is 0 Å². The van der Waals surface area contributed by atoms with Crippen molar-refractivity contribution in [3.05, 3.63) is 35.9 Å². The number of nitrogens with two attached hydrogens (primary N) is 1. The molecule has 0 atom stereocenters. The molecule has 0 aromatic heterocycles. The van der Waals surface area contributed by atoms with Crippen molar-refractivity contribution < 1.29 is 4.79 Å². The van der Waals surface area contributed by atoms with E-state index in [0.717, 1.165) is 45.8 Å². The highest BCUT2D eigenvalue weighted by Gasteiger charge is 2.20. The maximum absolute atomic E-state index is 11.8. The van der Waals surface area contributed by atoms with Crippen LogP contribution < -0.4 is 5.73 Å². The van der Waals surface area contributed by atoms with Crippen molar-refractivity contribution in [2.45, 2.75) is 13.0 Å². The van der Waals surface area contributed by atoms with Crippen LogP contribution in [0, 0.1) is 0 Å². The summed E-state index contributed by atoms with van der Waals surface area (Å²) in [5, 5.41) is 0. The summed E-state index contributed by atoms with van der Waals surface area (Å²) in [5.74, 6) is 0.198. The van der Waals surface area contributed by atoms with E-state index in [0.29, 0.717) is 13.0 Å². The van der Waals surface area contributed by atoms with Crippen molar-refractivity contribution in [1.82, 2.24) is 14.7 Å². The summed E-state index contributed by atoms with van der Waals surface area (Å²) in [6.07, 6.45) is 0.472. The van der Waals surface area contributed by atoms with Crippen molar-refractivity contribution in [2.24, 2.45) is 5.73 Å². The standard InChI is InChI=1S/C17H28N4O.ClH/c1-19(15-16-5-3-2-4-6-16)9-10-20-11-13-21(14-12-20)17(22)7-8-18;/h2-6H,7-15,18H2,1H3;1H. The van der Waals surface area contributed by atoms with Gasteiger partial charge in [-0.05, 0) is 12.6 Å². The Hall–Kier alpha value is -1.14. The molecular weight excluding hydrogens is 312 g/mol. The van der Waals surface area contributed by atoms with Crippen LogP contribution >= 0.6 is 12.4 Å². The minimum atomic E-state index is 0. The van der Waals surface area contributed by atoms with Gasteiger partial charge < -0.3 is 15.5 Å². The Balaban J connectivity index is 0.00000264. The molecule has 2 N–H and O–H groups in total. The lowest BCUT2D eigenvalue weighted by atomic mass is 10.2. The third-order valence-electron chi connectivity index (χ3n) is 4.18. The molecule has 0 radical (unpaired) electrons. The van der Waals surface area contributed by atoms with E-state index >= 15 is 0 Å². The van der Waals surface area contributed by atoms with Crippen LogP contribution in [0.1, 0.15) is 12.0 Å². The first kappa shape index (κ1) is 19.9. The van der Waals surface area contributed by atoms with Gasteiger partial charge in [0.05, 0.1) is 0 Å². The second-order valence-electron chi connectivity index (χ2n) is 5.98. The molecule has 0 spiro atoms. The molecule has 0 unspecified atom stereocenters. The summed E-state index contributed by atoms with van der Waals surface area (Å²) in [7, 11) is 2.16. The summed E-state index contributed by atoms with van der Waals surface area (Å²) in [5.41, 5.74) is 6.79. The van der Waals surface area contributed by atoms with Crippen LogP contribution in [0.2, 0.25) is 0 Å². The molecule has 130 valence electrons. The lowest BCUT2D eigenvalue weighted by Gasteiger charge is -2.35. The van der Waals surface area contributed by atoms with Crippen molar-refractivity contribution in [1.29, 1.82) is 0 Å². The highest BCUT2D eigenvalue weighted by atomic mass is 35.5. The van der Waals surface area contributed by atoms with Gasteiger partial charge in [-0.2, -0.15) is 0 Å². The molecule has 1 aromatic carbocycles. The molecule has 1 fully saturated rings. The first-order chi connectivity index (χ1) is 10.7. The quantitative estimate of drug-likeness (QED) is 0.805. The Morgan fingerprint density at radius 3 is 2.43 bits per heavy atom. The Kier molecular flexibility index (Phi) is 9.17. The molecule has 1 saturated heterocycles. The normalized spacial score (nSPS) is 15.5. The lowest BCUT2D eigenvalue weighted by Crippen LogP contribution is -2.50. The number of carbonyl (C=O) groups excluding carboxylic acids is 1. The van der Waals surface area contributed by atoms with Gasteiger partial charge in [0.15, 0.2) is 0 Å². The number of amides is 1. The Labute approximate surface area is 145 Å². The summed E-state index contributed by atoms with van der Waals surface area (Å²) in [6.45, 7) is 7.14. The molecule has 1 aliphatic heterocycles. The zero-order chi connectivity index (χ0) is 15.8. The second kappa shape index (κ2) is 10.6. The van der Waals surface area contributed by atoms with Gasteiger partial charge in [-0.1, -0.05) is 30.3 Å². The summed E-state index contributed by atoms with van der Waals surface area (Å²) in [4.78, 5) is 18.5. The van der Waals surface area contributed by atoms with Crippen molar-refractivity contribution >= 4 is 18.3 Å². The number of hydrogen-bond acceptors (Lipinski definition) is 4. The number of halogens is 1. The minimum Gasteiger partial charge on any atom is -0.340 e. The maximum Gasteiger partial charge on any atom is 0.223 e. The molecule has 1 amide bonds. The number of benzene rings is 1. The van der Waals surface area contributed by atoms with Crippen molar-refractivity contribution in [3.63, 3.8) is 0 Å². The number of likely N-dealkylation sites (N-methyl/N-ethyl adjacent to an activating group) is 1. The predicted molar refractivity (Wildman–Crippen MR) is 96.7 cm³/mol. The number of carbonyl (C=O) groups is 1. The third-order valence-corrected chi connectivity index (χ3v) is 4.18. The maximum atomic E-state index is 11.8. The van der Waals surface area contributed by atoms with Crippen molar-refractivity contribution in [2.75, 3.05) is 52.9 Å². The van der Waals surface area contributed by atoms with Gasteiger partial charge in [0, 0.05) is 58.8 Å². The largest absolute Gasteiger partial charge is 0.340 e. The van der Waals surface area contributed by atoms with Gasteiger partial charge in [-0.3, -0.25) is 9.69 Å². The molecule has 23 heavy (non-hydrogen) atoms. The van der Waals surface area contributed by atoms with Gasteiger partial charge >= 0.3 is 0 Å². The molecule has 2 rings (SSSR count). The van der Waals surface area contributed by atoms with E-state index in [2.05, 4.69) is 47.2 Å². The number of piperazine rings is 1. The molecule has 6 heteroatoms. The predicted octanol–water partition coefficient (Wildman–Crippen LogP) is 1.03. The highest BCUT2D eigenvalue weighted by molar-refractivity contribution is 5.85. The number of hydrogen-bond donors (Lipinski definition) is 1. The van der Waals surface area contributed by atoms with Crippen LogP contribution in [0.25, 0.3) is 0 Å². The third kappa shape index (κ3) is 6.87. The van der Waals surface area contributed by atoms with E-state index in [-0.39, 0.29) is 18.3 Å². The van der Waals surface area contributed by atoms with Crippen LogP contribution in [0.3, 0.4) is 0 Å². The molecule has 1 aliphatic rings.